The molecule has 2 heterocycles. The summed E-state index contributed by atoms with van der Waals surface area (Å²) in [6.45, 7) is 2.19. The van der Waals surface area contributed by atoms with Crippen LogP contribution in [0.4, 0.5) is 5.82 Å². The Kier molecular flexibility index (Phi) is 4.24. The summed E-state index contributed by atoms with van der Waals surface area (Å²) in [5.41, 5.74) is 0. The molecule has 0 radical (unpaired) electrons. The van der Waals surface area contributed by atoms with Gasteiger partial charge in [0.1, 0.15) is 6.33 Å². The maximum atomic E-state index is 6.03. The molecule has 0 aliphatic carbocycles. The molecule has 100 valence electrons. The van der Waals surface area contributed by atoms with Crippen molar-refractivity contribution in [2.24, 2.45) is 0 Å². The first-order valence-corrected chi connectivity index (χ1v) is 6.47. The molecule has 2 rings (SSSR count). The van der Waals surface area contributed by atoms with Crippen molar-refractivity contribution in [3.8, 4) is 5.75 Å². The molecule has 1 aliphatic heterocycles. The molecule has 1 saturated heterocycles. The van der Waals surface area contributed by atoms with Crippen molar-refractivity contribution < 1.29 is 4.74 Å². The second-order valence-electron chi connectivity index (χ2n) is 4.69. The first kappa shape index (κ1) is 13.4. The largest absolute Gasteiger partial charge is 0.490 e. The molecule has 1 aromatic heterocycles. The average molecular weight is 271 g/mol. The summed E-state index contributed by atoms with van der Waals surface area (Å²) in [4.78, 5) is 12.7. The molecule has 0 bridgehead atoms. The van der Waals surface area contributed by atoms with Crippen LogP contribution in [0, 0.1) is 0 Å². The second-order valence-corrected chi connectivity index (χ2v) is 5.05. The van der Waals surface area contributed by atoms with Crippen LogP contribution >= 0.6 is 11.6 Å². The standard InChI is InChI=1S/C12H19ClN4O/c1-16-6-4-5-9(7-16)17(2)12-10(18-3)11(13)14-8-15-12/h8-9H,4-7H2,1-3H3. The fourth-order valence-corrected chi connectivity index (χ4v) is 2.60. The van der Waals surface area contributed by atoms with Crippen LogP contribution in [0.25, 0.3) is 0 Å². The second kappa shape index (κ2) is 5.71. The van der Waals surface area contributed by atoms with E-state index >= 15 is 0 Å². The zero-order valence-electron chi connectivity index (χ0n) is 11.1. The van der Waals surface area contributed by atoms with E-state index in [1.807, 2.05) is 7.05 Å². The molecule has 0 saturated carbocycles. The van der Waals surface area contributed by atoms with E-state index in [4.69, 9.17) is 16.3 Å². The summed E-state index contributed by atoms with van der Waals surface area (Å²) >= 11 is 6.03. The molecule has 1 fully saturated rings. The number of rotatable bonds is 3. The maximum absolute atomic E-state index is 6.03. The molecule has 1 aliphatic rings. The van der Waals surface area contributed by atoms with Crippen LogP contribution < -0.4 is 9.64 Å². The van der Waals surface area contributed by atoms with E-state index in [2.05, 4.69) is 26.8 Å². The number of anilines is 1. The molecule has 6 heteroatoms. The summed E-state index contributed by atoms with van der Waals surface area (Å²) in [7, 11) is 5.77. The van der Waals surface area contributed by atoms with Crippen molar-refractivity contribution in [1.82, 2.24) is 14.9 Å². The number of halogens is 1. The Morgan fingerprint density at radius 1 is 1.50 bits per heavy atom. The number of methoxy groups -OCH3 is 1. The Morgan fingerprint density at radius 2 is 2.28 bits per heavy atom. The molecule has 1 aromatic rings. The molecule has 5 nitrogen and oxygen atoms in total. The lowest BCUT2D eigenvalue weighted by molar-refractivity contribution is 0.246. The first-order valence-electron chi connectivity index (χ1n) is 6.09. The van der Waals surface area contributed by atoms with E-state index < -0.39 is 0 Å². The van der Waals surface area contributed by atoms with Crippen molar-refractivity contribution in [2.75, 3.05) is 39.2 Å². The van der Waals surface area contributed by atoms with Crippen molar-refractivity contribution in [3.05, 3.63) is 11.5 Å². The van der Waals surface area contributed by atoms with Crippen molar-refractivity contribution in [1.29, 1.82) is 0 Å². The van der Waals surface area contributed by atoms with E-state index in [1.54, 1.807) is 7.11 Å². The summed E-state index contributed by atoms with van der Waals surface area (Å²) in [5, 5.41) is 0.360. The Bertz CT molecular complexity index is 415. The fourth-order valence-electron chi connectivity index (χ4n) is 2.40. The van der Waals surface area contributed by atoms with Gasteiger partial charge in [0, 0.05) is 19.6 Å². The Balaban J connectivity index is 2.22. The predicted molar refractivity (Wildman–Crippen MR) is 72.5 cm³/mol. The van der Waals surface area contributed by atoms with Gasteiger partial charge in [0.15, 0.2) is 16.7 Å². The smallest absolute Gasteiger partial charge is 0.199 e. The lowest BCUT2D eigenvalue weighted by Gasteiger charge is -2.36. The van der Waals surface area contributed by atoms with Crippen LogP contribution in [0.3, 0.4) is 0 Å². The Morgan fingerprint density at radius 3 is 2.94 bits per heavy atom. The summed E-state index contributed by atoms with van der Waals surface area (Å²) < 4.78 is 5.30. The molecule has 18 heavy (non-hydrogen) atoms. The molecule has 1 atom stereocenters. The number of ether oxygens (including phenoxy) is 1. The van der Waals surface area contributed by atoms with E-state index in [-0.39, 0.29) is 0 Å². The third-order valence-corrected chi connectivity index (χ3v) is 3.70. The Labute approximate surface area is 113 Å². The van der Waals surface area contributed by atoms with Gasteiger partial charge in [-0.05, 0) is 26.4 Å². The zero-order valence-corrected chi connectivity index (χ0v) is 11.8. The number of aromatic nitrogens is 2. The zero-order chi connectivity index (χ0) is 13.1. The van der Waals surface area contributed by atoms with Crippen molar-refractivity contribution >= 4 is 17.4 Å². The average Bonchev–Trinajstić information content (AvgIpc) is 2.37. The quantitative estimate of drug-likeness (QED) is 0.782. The van der Waals surface area contributed by atoms with Crippen molar-refractivity contribution in [3.63, 3.8) is 0 Å². The van der Waals surface area contributed by atoms with E-state index in [0.717, 1.165) is 25.3 Å². The highest BCUT2D eigenvalue weighted by molar-refractivity contribution is 6.31. The normalized spacial score (nSPS) is 20.8. The number of piperidine rings is 1. The molecule has 0 N–H and O–H groups in total. The highest BCUT2D eigenvalue weighted by Crippen LogP contribution is 2.32. The van der Waals surface area contributed by atoms with Crippen LogP contribution in [0.15, 0.2) is 6.33 Å². The van der Waals surface area contributed by atoms with E-state index in [0.29, 0.717) is 16.9 Å². The molecule has 0 spiro atoms. The van der Waals surface area contributed by atoms with Crippen LogP contribution in [-0.4, -0.2) is 55.2 Å². The van der Waals surface area contributed by atoms with Gasteiger partial charge in [0.25, 0.3) is 0 Å². The molecule has 0 aromatic carbocycles. The van der Waals surface area contributed by atoms with Gasteiger partial charge < -0.3 is 14.5 Å². The van der Waals surface area contributed by atoms with Gasteiger partial charge in [-0.2, -0.15) is 0 Å². The molecular weight excluding hydrogens is 252 g/mol. The molecular formula is C12H19ClN4O. The Hall–Kier alpha value is -1.07. The first-order chi connectivity index (χ1) is 8.63. The highest BCUT2D eigenvalue weighted by atomic mass is 35.5. The van der Waals surface area contributed by atoms with Gasteiger partial charge >= 0.3 is 0 Å². The van der Waals surface area contributed by atoms with Crippen LogP contribution in [0.2, 0.25) is 5.15 Å². The predicted octanol–water partition coefficient (Wildman–Crippen LogP) is 1.67. The SMILES string of the molecule is COc1c(Cl)ncnc1N(C)C1CCCN(C)C1. The fraction of sp³-hybridized carbons (Fsp3) is 0.667. The van der Waals surface area contributed by atoms with Gasteiger partial charge in [-0.15, -0.1) is 0 Å². The third-order valence-electron chi connectivity index (χ3n) is 3.43. The van der Waals surface area contributed by atoms with E-state index in [9.17, 15) is 0 Å². The summed E-state index contributed by atoms with van der Waals surface area (Å²) in [6.07, 6.45) is 3.83. The maximum Gasteiger partial charge on any atom is 0.199 e. The number of nitrogens with zero attached hydrogens (tertiary/aromatic N) is 4. The topological polar surface area (TPSA) is 41.5 Å². The molecule has 1 unspecified atom stereocenters. The monoisotopic (exact) mass is 270 g/mol. The van der Waals surface area contributed by atoms with Crippen LogP contribution in [0.5, 0.6) is 5.75 Å². The third kappa shape index (κ3) is 2.67. The van der Waals surface area contributed by atoms with Gasteiger partial charge in [-0.25, -0.2) is 9.97 Å². The summed E-state index contributed by atoms with van der Waals surface area (Å²) in [5.74, 6) is 1.31. The summed E-state index contributed by atoms with van der Waals surface area (Å²) in [6, 6.07) is 0.434. The number of hydrogen-bond acceptors (Lipinski definition) is 5. The lowest BCUT2D eigenvalue weighted by Crippen LogP contribution is -2.45. The molecule has 0 amide bonds. The van der Waals surface area contributed by atoms with Gasteiger partial charge in [-0.3, -0.25) is 0 Å². The number of hydrogen-bond donors (Lipinski definition) is 0. The minimum absolute atomic E-state index is 0.360. The number of likely N-dealkylation sites (tertiary alicyclic amines) is 1. The highest BCUT2D eigenvalue weighted by Gasteiger charge is 2.25. The van der Waals surface area contributed by atoms with Crippen LogP contribution in [0.1, 0.15) is 12.8 Å². The van der Waals surface area contributed by atoms with Gasteiger partial charge in [0.05, 0.1) is 7.11 Å². The van der Waals surface area contributed by atoms with Gasteiger partial charge in [0.2, 0.25) is 0 Å². The number of likely N-dealkylation sites (N-methyl/N-ethyl adjacent to an activating group) is 2. The van der Waals surface area contributed by atoms with Crippen LogP contribution in [-0.2, 0) is 0 Å². The van der Waals surface area contributed by atoms with Crippen molar-refractivity contribution in [2.45, 2.75) is 18.9 Å². The van der Waals surface area contributed by atoms with Gasteiger partial charge in [-0.1, -0.05) is 11.6 Å². The lowest BCUT2D eigenvalue weighted by atomic mass is 10.1. The minimum Gasteiger partial charge on any atom is -0.490 e. The van der Waals surface area contributed by atoms with E-state index in [1.165, 1.54) is 12.7 Å². The minimum atomic E-state index is 0.360.